The molecule has 1 atom stereocenters. The van der Waals surface area contributed by atoms with E-state index in [1.54, 1.807) is 12.5 Å². The minimum Gasteiger partial charge on any atom is -0.459 e. The van der Waals surface area contributed by atoms with Gasteiger partial charge in [0.05, 0.1) is 12.4 Å². The highest BCUT2D eigenvalue weighted by Gasteiger charge is 2.12. The first-order valence-corrected chi connectivity index (χ1v) is 5.30. The predicted octanol–water partition coefficient (Wildman–Crippen LogP) is 3.24. The first-order valence-electron chi connectivity index (χ1n) is 5.30. The third-order valence-electron chi connectivity index (χ3n) is 2.83. The summed E-state index contributed by atoms with van der Waals surface area (Å²) in [7, 11) is 0. The summed E-state index contributed by atoms with van der Waals surface area (Å²) in [5.74, 6) is 0.958. The lowest BCUT2D eigenvalue weighted by Crippen LogP contribution is -2.02. The van der Waals surface area contributed by atoms with Crippen LogP contribution < -0.4 is 0 Å². The second kappa shape index (κ2) is 3.52. The summed E-state index contributed by atoms with van der Waals surface area (Å²) in [5.41, 5.74) is 0.935. The fourth-order valence-electron chi connectivity index (χ4n) is 1.85. The Hall–Kier alpha value is -2.03. The number of benzene rings is 1. The zero-order valence-corrected chi connectivity index (χ0v) is 9.00. The van der Waals surface area contributed by atoms with Gasteiger partial charge in [0.1, 0.15) is 11.3 Å². The van der Waals surface area contributed by atoms with E-state index in [-0.39, 0.29) is 6.04 Å². The van der Waals surface area contributed by atoms with E-state index in [0.29, 0.717) is 0 Å². The lowest BCUT2D eigenvalue weighted by atomic mass is 10.2. The molecule has 1 aromatic carbocycles. The van der Waals surface area contributed by atoms with Crippen molar-refractivity contribution >= 4 is 11.0 Å². The van der Waals surface area contributed by atoms with Crippen LogP contribution in [0.4, 0.5) is 0 Å². The van der Waals surface area contributed by atoms with Gasteiger partial charge >= 0.3 is 0 Å². The topological polar surface area (TPSA) is 31.0 Å². The predicted molar refractivity (Wildman–Crippen MR) is 62.3 cm³/mol. The van der Waals surface area contributed by atoms with Crippen LogP contribution in [0.25, 0.3) is 11.0 Å². The zero-order chi connectivity index (χ0) is 11.0. The summed E-state index contributed by atoms with van der Waals surface area (Å²) in [6.45, 7) is 2.10. The van der Waals surface area contributed by atoms with E-state index in [4.69, 9.17) is 4.42 Å². The number of furan rings is 1. The normalized spacial score (nSPS) is 13.1. The van der Waals surface area contributed by atoms with Gasteiger partial charge in [0.2, 0.25) is 0 Å². The first kappa shape index (κ1) is 9.21. The monoisotopic (exact) mass is 212 g/mol. The number of para-hydroxylation sites is 1. The van der Waals surface area contributed by atoms with Crippen molar-refractivity contribution in [2.75, 3.05) is 0 Å². The van der Waals surface area contributed by atoms with Gasteiger partial charge in [-0.15, -0.1) is 0 Å². The Bertz CT molecular complexity index is 562. The van der Waals surface area contributed by atoms with Gasteiger partial charge in [0.15, 0.2) is 0 Å². The quantitative estimate of drug-likeness (QED) is 0.653. The molecule has 2 heterocycles. The van der Waals surface area contributed by atoms with Crippen molar-refractivity contribution in [3.8, 4) is 0 Å². The summed E-state index contributed by atoms with van der Waals surface area (Å²) in [4.78, 5) is 4.04. The molecule has 80 valence electrons. The molecule has 3 aromatic rings. The van der Waals surface area contributed by atoms with Gasteiger partial charge in [-0.05, 0) is 19.1 Å². The van der Waals surface area contributed by atoms with Crippen LogP contribution in [0.1, 0.15) is 18.7 Å². The Balaban J connectivity index is 2.06. The number of nitrogens with zero attached hydrogens (tertiary/aromatic N) is 2. The van der Waals surface area contributed by atoms with Crippen molar-refractivity contribution in [2.45, 2.75) is 13.0 Å². The van der Waals surface area contributed by atoms with Gasteiger partial charge in [-0.25, -0.2) is 4.98 Å². The molecule has 0 spiro atoms. The van der Waals surface area contributed by atoms with Crippen LogP contribution in [0.3, 0.4) is 0 Å². The van der Waals surface area contributed by atoms with Crippen LogP contribution in [0.15, 0.2) is 53.5 Å². The molecular formula is C13H12N2O. The van der Waals surface area contributed by atoms with Gasteiger partial charge in [0, 0.05) is 17.8 Å². The van der Waals surface area contributed by atoms with Crippen molar-refractivity contribution < 1.29 is 4.42 Å². The number of fused-ring (bicyclic) bond motifs is 1. The molecule has 3 rings (SSSR count). The van der Waals surface area contributed by atoms with Gasteiger partial charge < -0.3 is 8.98 Å². The van der Waals surface area contributed by atoms with Gasteiger partial charge in [-0.2, -0.15) is 0 Å². The van der Waals surface area contributed by atoms with Gasteiger partial charge in [-0.3, -0.25) is 0 Å². The highest BCUT2D eigenvalue weighted by atomic mass is 16.3. The summed E-state index contributed by atoms with van der Waals surface area (Å²) in [5, 5.41) is 1.14. The molecule has 0 N–H and O–H groups in total. The molecule has 0 saturated heterocycles. The van der Waals surface area contributed by atoms with Crippen LogP contribution in [-0.2, 0) is 0 Å². The third kappa shape index (κ3) is 1.41. The molecule has 0 fully saturated rings. The molecule has 0 radical (unpaired) electrons. The summed E-state index contributed by atoms with van der Waals surface area (Å²) in [6.07, 6.45) is 5.52. The second-order valence-electron chi connectivity index (χ2n) is 3.87. The van der Waals surface area contributed by atoms with E-state index < -0.39 is 0 Å². The van der Waals surface area contributed by atoms with Gasteiger partial charge in [-0.1, -0.05) is 18.2 Å². The van der Waals surface area contributed by atoms with E-state index in [9.17, 15) is 0 Å². The lowest BCUT2D eigenvalue weighted by Gasteiger charge is -2.08. The Morgan fingerprint density at radius 3 is 2.94 bits per heavy atom. The maximum atomic E-state index is 5.80. The van der Waals surface area contributed by atoms with Crippen LogP contribution in [0.5, 0.6) is 0 Å². The average molecular weight is 212 g/mol. The Morgan fingerprint density at radius 1 is 1.31 bits per heavy atom. The molecule has 0 aliphatic heterocycles. The Labute approximate surface area is 93.3 Å². The van der Waals surface area contributed by atoms with E-state index >= 15 is 0 Å². The third-order valence-corrected chi connectivity index (χ3v) is 2.83. The molecule has 3 heteroatoms. The standard InChI is InChI=1S/C13H12N2O/c1-10(15-7-6-14-9-15)13-8-11-4-2-3-5-12(11)16-13/h2-10H,1H3/t10-/m1/s1. The highest BCUT2D eigenvalue weighted by Crippen LogP contribution is 2.25. The number of hydrogen-bond acceptors (Lipinski definition) is 2. The fourth-order valence-corrected chi connectivity index (χ4v) is 1.85. The van der Waals surface area contributed by atoms with E-state index in [2.05, 4.69) is 24.0 Å². The van der Waals surface area contributed by atoms with Gasteiger partial charge in [0.25, 0.3) is 0 Å². The number of hydrogen-bond donors (Lipinski definition) is 0. The zero-order valence-electron chi connectivity index (χ0n) is 9.00. The molecule has 0 aliphatic rings. The van der Waals surface area contributed by atoms with Crippen LogP contribution >= 0.6 is 0 Å². The minimum absolute atomic E-state index is 0.176. The molecule has 0 bridgehead atoms. The molecule has 0 amide bonds. The van der Waals surface area contributed by atoms with E-state index in [1.165, 1.54) is 0 Å². The molecule has 3 nitrogen and oxygen atoms in total. The van der Waals surface area contributed by atoms with Crippen LogP contribution in [0.2, 0.25) is 0 Å². The number of imidazole rings is 1. The molecule has 0 saturated carbocycles. The van der Waals surface area contributed by atoms with E-state index in [1.807, 2.05) is 29.0 Å². The maximum Gasteiger partial charge on any atom is 0.134 e. The van der Waals surface area contributed by atoms with Crippen molar-refractivity contribution in [1.82, 2.24) is 9.55 Å². The maximum absolute atomic E-state index is 5.80. The lowest BCUT2D eigenvalue weighted by molar-refractivity contribution is 0.470. The average Bonchev–Trinajstić information content (AvgIpc) is 2.97. The van der Waals surface area contributed by atoms with E-state index in [0.717, 1.165) is 16.7 Å². The molecule has 0 unspecified atom stereocenters. The largest absolute Gasteiger partial charge is 0.459 e. The molecule has 0 aliphatic carbocycles. The van der Waals surface area contributed by atoms with Crippen molar-refractivity contribution in [3.63, 3.8) is 0 Å². The molecular weight excluding hydrogens is 200 g/mol. The summed E-state index contributed by atoms with van der Waals surface area (Å²) < 4.78 is 7.83. The number of rotatable bonds is 2. The smallest absolute Gasteiger partial charge is 0.134 e. The van der Waals surface area contributed by atoms with Crippen LogP contribution in [-0.4, -0.2) is 9.55 Å². The summed E-state index contributed by atoms with van der Waals surface area (Å²) >= 11 is 0. The second-order valence-corrected chi connectivity index (χ2v) is 3.87. The number of aromatic nitrogens is 2. The van der Waals surface area contributed by atoms with Crippen molar-refractivity contribution in [3.05, 3.63) is 54.8 Å². The summed E-state index contributed by atoms with van der Waals surface area (Å²) in [6, 6.07) is 10.3. The minimum atomic E-state index is 0.176. The van der Waals surface area contributed by atoms with Crippen molar-refractivity contribution in [1.29, 1.82) is 0 Å². The molecule has 16 heavy (non-hydrogen) atoms. The van der Waals surface area contributed by atoms with Crippen LogP contribution in [0, 0.1) is 0 Å². The molecule has 2 aromatic heterocycles. The Kier molecular flexibility index (Phi) is 2.03. The SMILES string of the molecule is C[C@H](c1cc2ccccc2o1)n1ccnc1. The Morgan fingerprint density at radius 2 is 2.19 bits per heavy atom. The van der Waals surface area contributed by atoms with Crippen molar-refractivity contribution in [2.24, 2.45) is 0 Å². The highest BCUT2D eigenvalue weighted by molar-refractivity contribution is 5.77. The first-order chi connectivity index (χ1) is 7.84. The fraction of sp³-hybridized carbons (Fsp3) is 0.154.